The first kappa shape index (κ1) is 27.2. The molecule has 2 atom stereocenters. The number of carbonyl (C=O) groups excluding carboxylic acids is 1. The zero-order valence-electron chi connectivity index (χ0n) is 21.5. The van der Waals surface area contributed by atoms with Gasteiger partial charge in [0.05, 0.1) is 41.4 Å². The van der Waals surface area contributed by atoms with Crippen LogP contribution in [0.2, 0.25) is 0 Å². The number of hydrogen-bond acceptors (Lipinski definition) is 10. The van der Waals surface area contributed by atoms with E-state index in [0.29, 0.717) is 18.6 Å². The van der Waals surface area contributed by atoms with Gasteiger partial charge in [0.1, 0.15) is 11.5 Å². The predicted octanol–water partition coefficient (Wildman–Crippen LogP) is 5.24. The number of rotatable bonds is 8. The Morgan fingerprint density at radius 2 is 1.26 bits per heavy atom. The fourth-order valence-corrected chi connectivity index (χ4v) is 4.55. The summed E-state index contributed by atoms with van der Waals surface area (Å²) >= 11 is 0. The number of benzene rings is 3. The monoisotopic (exact) mass is 534 g/mol. The molecule has 3 aromatic carbocycles. The van der Waals surface area contributed by atoms with Crippen molar-refractivity contribution in [2.24, 2.45) is 5.16 Å². The van der Waals surface area contributed by atoms with Crippen LogP contribution in [0.15, 0.2) is 71.9 Å². The maximum Gasteiger partial charge on any atom is 0.366 e. The van der Waals surface area contributed by atoms with Crippen molar-refractivity contribution in [1.29, 1.82) is 0 Å². The molecule has 0 bridgehead atoms. The molecule has 1 fully saturated rings. The van der Waals surface area contributed by atoms with Crippen LogP contribution in [0.3, 0.4) is 0 Å². The molecule has 1 aliphatic rings. The molecule has 0 aliphatic carbocycles. The van der Waals surface area contributed by atoms with E-state index in [9.17, 15) is 25.0 Å². The van der Waals surface area contributed by atoms with E-state index in [1.54, 1.807) is 14.2 Å². The summed E-state index contributed by atoms with van der Waals surface area (Å²) < 4.78 is 10.6. The highest BCUT2D eigenvalue weighted by molar-refractivity contribution is 5.92. The maximum atomic E-state index is 12.7. The SMILES string of the molecule is COc1ccc(C2CC(=NOC(=O)c3cc([N+](=O)[O-])cc([N+](=O)[O-])c3)CC(c3ccc(OC)cc3)N2C)cc1. The fourth-order valence-electron chi connectivity index (χ4n) is 4.55. The fraction of sp³-hybridized carbons (Fsp3) is 0.259. The minimum atomic E-state index is -1.03. The predicted molar refractivity (Wildman–Crippen MR) is 141 cm³/mol. The number of methoxy groups -OCH3 is 2. The second kappa shape index (κ2) is 11.7. The zero-order valence-corrected chi connectivity index (χ0v) is 21.5. The van der Waals surface area contributed by atoms with Gasteiger partial charge in [0, 0.05) is 37.1 Å². The summed E-state index contributed by atoms with van der Waals surface area (Å²) in [6.45, 7) is 0. The summed E-state index contributed by atoms with van der Waals surface area (Å²) in [7, 11) is 5.20. The largest absolute Gasteiger partial charge is 0.497 e. The Kier molecular flexibility index (Phi) is 8.15. The van der Waals surface area contributed by atoms with Crippen molar-refractivity contribution in [2.45, 2.75) is 24.9 Å². The Morgan fingerprint density at radius 3 is 1.64 bits per heavy atom. The summed E-state index contributed by atoms with van der Waals surface area (Å²) in [4.78, 5) is 40.9. The Bertz CT molecular complexity index is 1310. The molecule has 202 valence electrons. The van der Waals surface area contributed by atoms with Crippen molar-refractivity contribution in [3.8, 4) is 11.5 Å². The van der Waals surface area contributed by atoms with Gasteiger partial charge >= 0.3 is 5.97 Å². The topological polar surface area (TPSA) is 147 Å². The Hall–Kier alpha value is -4.84. The van der Waals surface area contributed by atoms with Gasteiger partial charge in [0.25, 0.3) is 11.4 Å². The molecule has 0 saturated carbocycles. The zero-order chi connectivity index (χ0) is 28.1. The molecule has 1 aliphatic heterocycles. The number of nitrogens with zero attached hydrogens (tertiary/aromatic N) is 4. The molecular formula is C27H26N4O8. The molecular weight excluding hydrogens is 508 g/mol. The van der Waals surface area contributed by atoms with Crippen LogP contribution >= 0.6 is 0 Å². The van der Waals surface area contributed by atoms with Gasteiger partial charge in [-0.1, -0.05) is 29.4 Å². The smallest absolute Gasteiger partial charge is 0.366 e. The van der Waals surface area contributed by atoms with E-state index in [1.807, 2.05) is 55.6 Å². The molecule has 12 heteroatoms. The molecule has 0 amide bonds. The number of hydrogen-bond donors (Lipinski definition) is 0. The number of nitro benzene ring substituents is 2. The molecule has 1 heterocycles. The van der Waals surface area contributed by atoms with E-state index >= 15 is 0 Å². The van der Waals surface area contributed by atoms with E-state index in [2.05, 4.69) is 10.1 Å². The molecule has 0 aromatic heterocycles. The summed E-state index contributed by atoms with van der Waals surface area (Å²) in [6, 6.07) is 17.7. The van der Waals surface area contributed by atoms with Crippen molar-refractivity contribution in [1.82, 2.24) is 4.90 Å². The number of ether oxygens (including phenoxy) is 2. The van der Waals surface area contributed by atoms with E-state index < -0.39 is 27.2 Å². The Morgan fingerprint density at radius 1 is 0.821 bits per heavy atom. The van der Waals surface area contributed by atoms with E-state index in [1.165, 1.54) is 0 Å². The van der Waals surface area contributed by atoms with Crippen LogP contribution in [0.5, 0.6) is 11.5 Å². The van der Waals surface area contributed by atoms with Gasteiger partial charge in [-0.2, -0.15) is 0 Å². The number of likely N-dealkylation sites (tertiary alicyclic amines) is 1. The third-order valence-electron chi connectivity index (χ3n) is 6.66. The van der Waals surface area contributed by atoms with Crippen LogP contribution in [0.4, 0.5) is 11.4 Å². The van der Waals surface area contributed by atoms with Gasteiger partial charge in [-0.15, -0.1) is 0 Å². The minimum Gasteiger partial charge on any atom is -0.497 e. The molecule has 4 rings (SSSR count). The standard InChI is InChI=1S/C27H26N4O8/c1-29-25(17-4-8-23(37-2)9-5-17)14-20(15-26(29)18-6-10-24(38-3)11-7-18)28-39-27(32)19-12-21(30(33)34)16-22(13-19)31(35)36/h4-13,16,25-26H,14-15H2,1-3H3. The van der Waals surface area contributed by atoms with E-state index in [4.69, 9.17) is 14.3 Å². The molecule has 12 nitrogen and oxygen atoms in total. The van der Waals surface area contributed by atoms with Gasteiger partial charge in [-0.05, 0) is 42.4 Å². The van der Waals surface area contributed by atoms with Crippen molar-refractivity contribution in [3.63, 3.8) is 0 Å². The molecule has 0 radical (unpaired) electrons. The summed E-state index contributed by atoms with van der Waals surface area (Å²) in [5.41, 5.74) is 1.06. The number of carbonyl (C=O) groups is 1. The van der Waals surface area contributed by atoms with Crippen molar-refractivity contribution in [2.75, 3.05) is 21.3 Å². The van der Waals surface area contributed by atoms with Crippen LogP contribution in [-0.2, 0) is 4.84 Å². The first-order valence-electron chi connectivity index (χ1n) is 11.9. The quantitative estimate of drug-likeness (QED) is 0.215. The van der Waals surface area contributed by atoms with Gasteiger partial charge in [0.2, 0.25) is 0 Å². The normalized spacial score (nSPS) is 17.3. The summed E-state index contributed by atoms with van der Waals surface area (Å²) in [6.07, 6.45) is 0.885. The summed E-state index contributed by atoms with van der Waals surface area (Å²) in [5, 5.41) is 26.5. The average Bonchev–Trinajstić information content (AvgIpc) is 2.96. The highest BCUT2D eigenvalue weighted by Crippen LogP contribution is 2.40. The average molecular weight is 535 g/mol. The first-order valence-corrected chi connectivity index (χ1v) is 11.9. The summed E-state index contributed by atoms with van der Waals surface area (Å²) in [5.74, 6) is 0.408. The molecule has 0 N–H and O–H groups in total. The van der Waals surface area contributed by atoms with Crippen LogP contribution in [0.25, 0.3) is 0 Å². The number of piperidine rings is 1. The molecule has 2 unspecified atom stereocenters. The van der Waals surface area contributed by atoms with Gasteiger partial charge < -0.3 is 14.3 Å². The second-order valence-corrected chi connectivity index (χ2v) is 8.94. The molecule has 39 heavy (non-hydrogen) atoms. The van der Waals surface area contributed by atoms with Crippen LogP contribution in [0, 0.1) is 20.2 Å². The van der Waals surface area contributed by atoms with Crippen LogP contribution < -0.4 is 9.47 Å². The van der Waals surface area contributed by atoms with E-state index in [0.717, 1.165) is 40.8 Å². The van der Waals surface area contributed by atoms with Crippen molar-refractivity contribution >= 4 is 23.1 Å². The highest BCUT2D eigenvalue weighted by atomic mass is 16.7. The lowest BCUT2D eigenvalue weighted by atomic mass is 9.87. The first-order chi connectivity index (χ1) is 18.7. The third-order valence-corrected chi connectivity index (χ3v) is 6.66. The Balaban J connectivity index is 1.64. The van der Waals surface area contributed by atoms with Gasteiger partial charge in [-0.25, -0.2) is 4.79 Å². The van der Waals surface area contributed by atoms with Gasteiger partial charge in [-0.3, -0.25) is 25.1 Å². The lowest BCUT2D eigenvalue weighted by Gasteiger charge is -2.40. The van der Waals surface area contributed by atoms with Crippen molar-refractivity contribution < 1.29 is 29.0 Å². The number of non-ortho nitro benzene ring substituents is 2. The number of oxime groups is 1. The second-order valence-electron chi connectivity index (χ2n) is 8.94. The third kappa shape index (κ3) is 6.18. The van der Waals surface area contributed by atoms with Gasteiger partial charge in [0.15, 0.2) is 0 Å². The van der Waals surface area contributed by atoms with Crippen LogP contribution in [0.1, 0.15) is 46.4 Å². The van der Waals surface area contributed by atoms with Crippen molar-refractivity contribution in [3.05, 3.63) is 104 Å². The molecule has 1 saturated heterocycles. The number of nitro groups is 2. The Labute approximate surface area is 223 Å². The van der Waals surface area contributed by atoms with E-state index in [-0.39, 0.29) is 17.6 Å². The van der Waals surface area contributed by atoms with Crippen LogP contribution in [-0.4, -0.2) is 47.7 Å². The highest BCUT2D eigenvalue weighted by Gasteiger charge is 2.34. The maximum absolute atomic E-state index is 12.7. The lowest BCUT2D eigenvalue weighted by Crippen LogP contribution is -2.37. The lowest BCUT2D eigenvalue weighted by molar-refractivity contribution is -0.394. The minimum absolute atomic E-state index is 0.117. The molecule has 3 aromatic rings. The molecule has 0 spiro atoms.